The zero-order valence-corrected chi connectivity index (χ0v) is 9.53. The van der Waals surface area contributed by atoms with E-state index in [1.165, 1.54) is 6.07 Å². The molecule has 1 saturated heterocycles. The maximum Gasteiger partial charge on any atom is 0.142 e. The van der Waals surface area contributed by atoms with Crippen molar-refractivity contribution in [1.82, 2.24) is 5.32 Å². The van der Waals surface area contributed by atoms with Gasteiger partial charge in [-0.1, -0.05) is 6.92 Å². The summed E-state index contributed by atoms with van der Waals surface area (Å²) in [5.41, 5.74) is 1.71. The number of aryl methyl sites for hydroxylation is 1. The Morgan fingerprint density at radius 3 is 2.50 bits per heavy atom. The van der Waals surface area contributed by atoms with Crippen LogP contribution in [0.25, 0.3) is 0 Å². The van der Waals surface area contributed by atoms with Crippen LogP contribution in [0.1, 0.15) is 12.5 Å². The van der Waals surface area contributed by atoms with Crippen molar-refractivity contribution in [3.63, 3.8) is 0 Å². The maximum atomic E-state index is 9.84. The van der Waals surface area contributed by atoms with Gasteiger partial charge in [-0.15, -0.1) is 0 Å². The Labute approximate surface area is 95.5 Å². The number of piperazine rings is 1. The molecule has 1 aliphatic rings. The number of hydrogen-bond acceptors (Lipinski definition) is 4. The van der Waals surface area contributed by atoms with E-state index in [4.69, 9.17) is 0 Å². The van der Waals surface area contributed by atoms with E-state index in [9.17, 15) is 10.2 Å². The summed E-state index contributed by atoms with van der Waals surface area (Å²) in [5.74, 6) is 0.343. The molecule has 3 N–H and O–H groups in total. The average molecular weight is 222 g/mol. The lowest BCUT2D eigenvalue weighted by Gasteiger charge is -2.30. The first-order chi connectivity index (χ1) is 7.72. The van der Waals surface area contributed by atoms with Crippen LogP contribution in [0.2, 0.25) is 0 Å². The second-order valence-electron chi connectivity index (χ2n) is 4.06. The van der Waals surface area contributed by atoms with Gasteiger partial charge in [0.2, 0.25) is 0 Å². The minimum absolute atomic E-state index is 0.164. The summed E-state index contributed by atoms with van der Waals surface area (Å²) in [6.07, 6.45) is 0.769. The van der Waals surface area contributed by atoms with Crippen molar-refractivity contribution in [1.29, 1.82) is 0 Å². The molecule has 2 rings (SSSR count). The second-order valence-corrected chi connectivity index (χ2v) is 4.06. The number of anilines is 1. The smallest absolute Gasteiger partial charge is 0.142 e. The molecule has 88 valence electrons. The molecule has 0 radical (unpaired) electrons. The Bertz CT molecular complexity index is 374. The number of aromatic hydroxyl groups is 2. The number of rotatable bonds is 2. The van der Waals surface area contributed by atoms with Gasteiger partial charge in [-0.05, 0) is 18.1 Å². The van der Waals surface area contributed by atoms with Gasteiger partial charge < -0.3 is 20.4 Å². The minimum Gasteiger partial charge on any atom is -0.508 e. The van der Waals surface area contributed by atoms with Crippen molar-refractivity contribution in [2.45, 2.75) is 13.3 Å². The molecule has 1 heterocycles. The summed E-state index contributed by atoms with van der Waals surface area (Å²) >= 11 is 0. The largest absolute Gasteiger partial charge is 0.508 e. The Morgan fingerprint density at radius 1 is 1.19 bits per heavy atom. The third kappa shape index (κ3) is 2.07. The molecule has 1 fully saturated rings. The van der Waals surface area contributed by atoms with Crippen LogP contribution in [0.5, 0.6) is 11.5 Å². The zero-order valence-electron chi connectivity index (χ0n) is 9.53. The predicted molar refractivity (Wildman–Crippen MR) is 64.2 cm³/mol. The van der Waals surface area contributed by atoms with Gasteiger partial charge in [0, 0.05) is 32.2 Å². The van der Waals surface area contributed by atoms with E-state index in [0.717, 1.165) is 43.9 Å². The van der Waals surface area contributed by atoms with Gasteiger partial charge in [-0.2, -0.15) is 0 Å². The molecule has 0 saturated carbocycles. The highest BCUT2D eigenvalue weighted by atomic mass is 16.3. The number of hydrogen-bond donors (Lipinski definition) is 3. The van der Waals surface area contributed by atoms with Crippen LogP contribution < -0.4 is 10.2 Å². The Morgan fingerprint density at radius 2 is 1.88 bits per heavy atom. The molecule has 16 heavy (non-hydrogen) atoms. The number of nitrogens with zero attached hydrogens (tertiary/aromatic N) is 1. The van der Waals surface area contributed by atoms with Crippen LogP contribution in [0.4, 0.5) is 5.69 Å². The molecule has 4 nitrogen and oxygen atoms in total. The van der Waals surface area contributed by atoms with Gasteiger partial charge in [0.05, 0.1) is 5.69 Å². The van der Waals surface area contributed by atoms with Crippen LogP contribution in [0, 0.1) is 0 Å². The van der Waals surface area contributed by atoms with Crippen molar-refractivity contribution in [2.24, 2.45) is 0 Å². The predicted octanol–water partition coefficient (Wildman–Crippen LogP) is 1.07. The SMILES string of the molecule is CCc1cc(N2CCNCC2)c(O)cc1O. The van der Waals surface area contributed by atoms with E-state index >= 15 is 0 Å². The van der Waals surface area contributed by atoms with E-state index in [-0.39, 0.29) is 11.5 Å². The molecule has 0 bridgehead atoms. The molecule has 1 aromatic carbocycles. The summed E-state index contributed by atoms with van der Waals surface area (Å²) < 4.78 is 0. The highest BCUT2D eigenvalue weighted by Gasteiger charge is 2.16. The van der Waals surface area contributed by atoms with Gasteiger partial charge >= 0.3 is 0 Å². The van der Waals surface area contributed by atoms with Crippen molar-refractivity contribution < 1.29 is 10.2 Å². The normalized spacial score (nSPS) is 16.4. The van der Waals surface area contributed by atoms with E-state index in [1.54, 1.807) is 0 Å². The van der Waals surface area contributed by atoms with Crippen molar-refractivity contribution in [3.8, 4) is 11.5 Å². The van der Waals surface area contributed by atoms with Crippen LogP contribution in [-0.4, -0.2) is 36.4 Å². The lowest BCUT2D eigenvalue weighted by atomic mass is 10.1. The van der Waals surface area contributed by atoms with E-state index in [2.05, 4.69) is 10.2 Å². The van der Waals surface area contributed by atoms with Crippen LogP contribution in [0.3, 0.4) is 0 Å². The topological polar surface area (TPSA) is 55.7 Å². The standard InChI is InChI=1S/C12H18N2O2/c1-2-9-7-10(12(16)8-11(9)15)14-5-3-13-4-6-14/h7-8,13,15-16H,2-6H2,1H3. The Hall–Kier alpha value is -1.42. The number of phenolic OH excluding ortho intramolecular Hbond substituents is 2. The van der Waals surface area contributed by atoms with E-state index < -0.39 is 0 Å². The van der Waals surface area contributed by atoms with Crippen molar-refractivity contribution in [3.05, 3.63) is 17.7 Å². The van der Waals surface area contributed by atoms with Gasteiger partial charge in [0.1, 0.15) is 11.5 Å². The van der Waals surface area contributed by atoms with E-state index in [1.807, 2.05) is 13.0 Å². The molecule has 0 atom stereocenters. The first-order valence-corrected chi connectivity index (χ1v) is 5.73. The Kier molecular flexibility index (Phi) is 3.19. The first-order valence-electron chi connectivity index (χ1n) is 5.73. The van der Waals surface area contributed by atoms with Crippen molar-refractivity contribution in [2.75, 3.05) is 31.1 Å². The third-order valence-corrected chi connectivity index (χ3v) is 3.01. The van der Waals surface area contributed by atoms with Gasteiger partial charge in [-0.25, -0.2) is 0 Å². The van der Waals surface area contributed by atoms with Crippen LogP contribution >= 0.6 is 0 Å². The molecule has 0 spiro atoms. The first kappa shape index (κ1) is 11.1. The fourth-order valence-corrected chi connectivity index (χ4v) is 2.05. The lowest BCUT2D eigenvalue weighted by Crippen LogP contribution is -2.43. The molecular formula is C12H18N2O2. The molecule has 0 aromatic heterocycles. The number of phenols is 2. The summed E-state index contributed by atoms with van der Waals surface area (Å²) in [6, 6.07) is 3.33. The fourth-order valence-electron chi connectivity index (χ4n) is 2.05. The summed E-state index contributed by atoms with van der Waals surface area (Å²) in [7, 11) is 0. The minimum atomic E-state index is 0.164. The highest BCUT2D eigenvalue weighted by molar-refractivity contribution is 5.63. The van der Waals surface area contributed by atoms with Crippen molar-refractivity contribution >= 4 is 5.69 Å². The van der Waals surface area contributed by atoms with Crippen LogP contribution in [0.15, 0.2) is 12.1 Å². The average Bonchev–Trinajstić information content (AvgIpc) is 2.30. The highest BCUT2D eigenvalue weighted by Crippen LogP contribution is 2.34. The lowest BCUT2D eigenvalue weighted by molar-refractivity contribution is 0.444. The molecule has 0 unspecified atom stereocenters. The summed E-state index contributed by atoms with van der Waals surface area (Å²) in [4.78, 5) is 2.14. The molecule has 1 aromatic rings. The monoisotopic (exact) mass is 222 g/mol. The van der Waals surface area contributed by atoms with Gasteiger partial charge in [-0.3, -0.25) is 0 Å². The fraction of sp³-hybridized carbons (Fsp3) is 0.500. The quantitative estimate of drug-likeness (QED) is 0.700. The molecule has 0 amide bonds. The molecule has 0 aliphatic carbocycles. The molecule has 1 aliphatic heterocycles. The Balaban J connectivity index is 2.31. The van der Waals surface area contributed by atoms with Gasteiger partial charge in [0.15, 0.2) is 0 Å². The van der Waals surface area contributed by atoms with Crippen LogP contribution in [-0.2, 0) is 6.42 Å². The zero-order chi connectivity index (χ0) is 11.5. The third-order valence-electron chi connectivity index (χ3n) is 3.01. The maximum absolute atomic E-state index is 9.84. The van der Waals surface area contributed by atoms with Gasteiger partial charge in [0.25, 0.3) is 0 Å². The number of benzene rings is 1. The van der Waals surface area contributed by atoms with E-state index in [0.29, 0.717) is 0 Å². The number of nitrogens with one attached hydrogen (secondary N) is 1. The summed E-state index contributed by atoms with van der Waals surface area (Å²) in [6.45, 7) is 5.64. The summed E-state index contributed by atoms with van der Waals surface area (Å²) in [5, 5.41) is 22.7. The molecular weight excluding hydrogens is 204 g/mol. The molecule has 4 heteroatoms. The second kappa shape index (κ2) is 4.61.